The van der Waals surface area contributed by atoms with E-state index in [-0.39, 0.29) is 18.0 Å². The fraction of sp³-hybridized carbons (Fsp3) is 0.522. The maximum atomic E-state index is 13.2. The fourth-order valence-electron chi connectivity index (χ4n) is 4.44. The maximum absolute atomic E-state index is 13.2. The van der Waals surface area contributed by atoms with Gasteiger partial charge in [0.15, 0.2) is 0 Å². The Balaban J connectivity index is 1.60. The second-order valence-electron chi connectivity index (χ2n) is 9.33. The van der Waals surface area contributed by atoms with E-state index < -0.39 is 15.6 Å². The molecule has 2 N–H and O–H groups in total. The molecule has 33 heavy (non-hydrogen) atoms. The van der Waals surface area contributed by atoms with Crippen LogP contribution in [0.25, 0.3) is 0 Å². The third-order valence-corrected chi connectivity index (χ3v) is 9.69. The second kappa shape index (κ2) is 9.34. The van der Waals surface area contributed by atoms with Gasteiger partial charge in [0.25, 0.3) is 10.0 Å². The number of aliphatic hydroxyl groups is 1. The first-order valence-corrected chi connectivity index (χ1v) is 13.5. The summed E-state index contributed by atoms with van der Waals surface area (Å²) in [5.74, 6) is -0.00643. The van der Waals surface area contributed by atoms with E-state index in [4.69, 9.17) is 0 Å². The van der Waals surface area contributed by atoms with Gasteiger partial charge in [0.2, 0.25) is 5.91 Å². The summed E-state index contributed by atoms with van der Waals surface area (Å²) in [4.78, 5) is 16.4. The highest BCUT2D eigenvalue weighted by Crippen LogP contribution is 2.29. The molecule has 2 saturated heterocycles. The number of hydrogen-bond acceptors (Lipinski definition) is 7. The molecule has 1 aromatic heterocycles. The number of sulfonamides is 1. The van der Waals surface area contributed by atoms with Gasteiger partial charge in [-0.3, -0.25) is 9.69 Å². The Morgan fingerprint density at radius 1 is 1.18 bits per heavy atom. The highest BCUT2D eigenvalue weighted by Gasteiger charge is 2.37. The number of benzene rings is 1. The number of piperazine rings is 2. The molecule has 2 fully saturated rings. The van der Waals surface area contributed by atoms with Crippen LogP contribution in [0.1, 0.15) is 26.3 Å². The van der Waals surface area contributed by atoms with E-state index in [9.17, 15) is 18.3 Å². The number of rotatable bonds is 6. The van der Waals surface area contributed by atoms with Crippen LogP contribution in [0.15, 0.2) is 46.0 Å². The quantitative estimate of drug-likeness (QED) is 0.637. The zero-order valence-corrected chi connectivity index (χ0v) is 20.9. The van der Waals surface area contributed by atoms with Crippen molar-refractivity contribution < 1.29 is 18.3 Å². The Hall–Kier alpha value is -1.98. The smallest absolute Gasteiger partial charge is 0.252 e. The minimum Gasteiger partial charge on any atom is -0.386 e. The third-order valence-electron chi connectivity index (χ3n) is 6.45. The Morgan fingerprint density at radius 2 is 1.91 bits per heavy atom. The van der Waals surface area contributed by atoms with Gasteiger partial charge in [-0.15, -0.1) is 11.3 Å². The molecule has 180 valence electrons. The summed E-state index contributed by atoms with van der Waals surface area (Å²) < 4.78 is 28.4. The highest BCUT2D eigenvalue weighted by atomic mass is 32.2. The molecule has 0 radical (unpaired) electrons. The van der Waals surface area contributed by atoms with Crippen molar-refractivity contribution in [2.24, 2.45) is 0 Å². The average Bonchev–Trinajstić information content (AvgIpc) is 3.32. The summed E-state index contributed by atoms with van der Waals surface area (Å²) in [6.07, 6.45) is 0. The predicted octanol–water partition coefficient (Wildman–Crippen LogP) is 1.68. The lowest BCUT2D eigenvalue weighted by molar-refractivity contribution is -0.125. The fourth-order valence-corrected chi connectivity index (χ4v) is 7.05. The van der Waals surface area contributed by atoms with Crippen LogP contribution in [0, 0.1) is 0 Å². The normalized spacial score (nSPS) is 23.5. The second-order valence-corrected chi connectivity index (χ2v) is 12.4. The van der Waals surface area contributed by atoms with E-state index in [1.165, 1.54) is 11.3 Å². The van der Waals surface area contributed by atoms with Crippen LogP contribution < -0.4 is 10.2 Å². The molecule has 1 aromatic carbocycles. The van der Waals surface area contributed by atoms with Crippen molar-refractivity contribution in [1.82, 2.24) is 14.5 Å². The molecule has 0 saturated carbocycles. The molecule has 10 heteroatoms. The van der Waals surface area contributed by atoms with Crippen LogP contribution in [0.2, 0.25) is 0 Å². The summed E-state index contributed by atoms with van der Waals surface area (Å²) in [7, 11) is -3.55. The lowest BCUT2D eigenvalue weighted by atomic mass is 9.98. The van der Waals surface area contributed by atoms with E-state index in [1.807, 2.05) is 24.3 Å². The number of nitrogens with one attached hydrogen (secondary N) is 1. The van der Waals surface area contributed by atoms with Crippen LogP contribution in [0.5, 0.6) is 0 Å². The van der Waals surface area contributed by atoms with Crippen molar-refractivity contribution in [2.75, 3.05) is 44.2 Å². The lowest BCUT2D eigenvalue weighted by Crippen LogP contribution is -2.62. The number of carbonyl (C=O) groups excluding carboxylic acids is 1. The third kappa shape index (κ3) is 5.25. The molecule has 4 rings (SSSR count). The minimum absolute atomic E-state index is 0.00643. The first-order valence-electron chi connectivity index (χ1n) is 11.2. The van der Waals surface area contributed by atoms with Crippen molar-refractivity contribution in [1.29, 1.82) is 0 Å². The molecule has 2 atom stereocenters. The van der Waals surface area contributed by atoms with E-state index >= 15 is 0 Å². The van der Waals surface area contributed by atoms with Gasteiger partial charge in [-0.05, 0) is 49.9 Å². The van der Waals surface area contributed by atoms with Gasteiger partial charge in [0.05, 0.1) is 18.2 Å². The Kier molecular flexibility index (Phi) is 6.84. The van der Waals surface area contributed by atoms with Gasteiger partial charge < -0.3 is 15.3 Å². The predicted molar refractivity (Wildman–Crippen MR) is 130 cm³/mol. The van der Waals surface area contributed by atoms with E-state index in [0.717, 1.165) is 11.3 Å². The van der Waals surface area contributed by atoms with Crippen molar-refractivity contribution >= 4 is 33.0 Å². The molecule has 1 amide bonds. The number of hydrogen-bond donors (Lipinski definition) is 2. The molecule has 8 nitrogen and oxygen atoms in total. The van der Waals surface area contributed by atoms with Gasteiger partial charge in [-0.1, -0.05) is 18.2 Å². The van der Waals surface area contributed by atoms with Crippen molar-refractivity contribution in [2.45, 2.75) is 42.7 Å². The van der Waals surface area contributed by atoms with Crippen molar-refractivity contribution in [3.8, 4) is 0 Å². The maximum Gasteiger partial charge on any atom is 0.252 e. The molecule has 0 unspecified atom stereocenters. The van der Waals surface area contributed by atoms with E-state index in [2.05, 4.69) is 22.0 Å². The van der Waals surface area contributed by atoms with Gasteiger partial charge in [0.1, 0.15) is 4.21 Å². The molecule has 2 aliphatic heterocycles. The van der Waals surface area contributed by atoms with Crippen LogP contribution >= 0.6 is 11.3 Å². The van der Waals surface area contributed by atoms with E-state index in [1.54, 1.807) is 35.7 Å². The molecule has 0 spiro atoms. The first kappa shape index (κ1) is 24.2. The van der Waals surface area contributed by atoms with Crippen LogP contribution in [0.4, 0.5) is 5.69 Å². The summed E-state index contributed by atoms with van der Waals surface area (Å²) in [6.45, 7) is 8.33. The summed E-state index contributed by atoms with van der Waals surface area (Å²) >= 11 is 1.23. The van der Waals surface area contributed by atoms with Crippen molar-refractivity contribution in [3.05, 3.63) is 47.3 Å². The van der Waals surface area contributed by atoms with E-state index in [0.29, 0.717) is 43.5 Å². The number of thiophene rings is 1. The Bertz CT molecular complexity index is 1060. The van der Waals surface area contributed by atoms with Crippen LogP contribution in [0.3, 0.4) is 0 Å². The Labute approximate surface area is 199 Å². The van der Waals surface area contributed by atoms with Gasteiger partial charge in [0, 0.05) is 44.5 Å². The largest absolute Gasteiger partial charge is 0.386 e. The Morgan fingerprint density at radius 3 is 2.55 bits per heavy atom. The first-order chi connectivity index (χ1) is 15.6. The number of anilines is 1. The molecule has 0 aliphatic carbocycles. The summed E-state index contributed by atoms with van der Waals surface area (Å²) in [6, 6.07) is 11.3. The van der Waals surface area contributed by atoms with Crippen LogP contribution in [-0.4, -0.2) is 80.0 Å². The molecule has 0 bridgehead atoms. The number of carbonyl (C=O) groups is 1. The summed E-state index contributed by atoms with van der Waals surface area (Å²) in [5, 5.41) is 15.0. The number of nitrogens with zero attached hydrogens (tertiary/aromatic N) is 3. The lowest BCUT2D eigenvalue weighted by Gasteiger charge is -2.45. The van der Waals surface area contributed by atoms with Gasteiger partial charge in [-0.2, -0.15) is 4.31 Å². The van der Waals surface area contributed by atoms with Crippen molar-refractivity contribution in [3.63, 3.8) is 0 Å². The van der Waals surface area contributed by atoms with Crippen LogP contribution in [-0.2, 0) is 20.4 Å². The average molecular weight is 493 g/mol. The molecular weight excluding hydrogens is 460 g/mol. The topological polar surface area (TPSA) is 93.2 Å². The molecule has 2 aliphatic rings. The zero-order chi connectivity index (χ0) is 23.8. The number of amides is 1. The van der Waals surface area contributed by atoms with Gasteiger partial charge >= 0.3 is 0 Å². The monoisotopic (exact) mass is 492 g/mol. The minimum atomic E-state index is -3.55. The molecule has 3 heterocycles. The summed E-state index contributed by atoms with van der Waals surface area (Å²) in [5.41, 5.74) is 0.875. The van der Waals surface area contributed by atoms with Gasteiger partial charge in [-0.25, -0.2) is 8.42 Å². The SMILES string of the molecule is C[C@@H]1CNC(=O)CN1C[C@H]1CN(S(=O)(=O)c2cccs2)CCN1c1ccc(C(C)(C)O)cc1. The molecule has 2 aromatic rings. The standard InChI is InChI=1S/C23H32N4O4S2/c1-17-13-24-21(28)16-25(17)14-20-15-26(33(30,31)22-5-4-12-32-22)10-11-27(20)19-8-6-18(7-9-19)23(2,3)29/h4-9,12,17,20,29H,10-11,13-16H2,1-3H3,(H,24,28)/t17-,20+/m1/s1. The zero-order valence-electron chi connectivity index (χ0n) is 19.3. The highest BCUT2D eigenvalue weighted by molar-refractivity contribution is 7.91. The molecular formula is C23H32N4O4S2.